The van der Waals surface area contributed by atoms with E-state index in [0.717, 1.165) is 18.7 Å². The molecule has 0 spiro atoms. The first-order valence-corrected chi connectivity index (χ1v) is 8.68. The first-order valence-electron chi connectivity index (χ1n) is 5.20. The lowest BCUT2D eigenvalue weighted by Gasteiger charge is -1.88. The number of halogens is 1. The van der Waals surface area contributed by atoms with E-state index in [4.69, 9.17) is 4.52 Å². The predicted octanol–water partition coefficient (Wildman–Crippen LogP) is 4.01. The summed E-state index contributed by atoms with van der Waals surface area (Å²) in [5, 5.41) is 14.9. The Hall–Kier alpha value is -0.770. The third-order valence-electron chi connectivity index (χ3n) is 2.08. The van der Waals surface area contributed by atoms with Crippen LogP contribution in [0.4, 0.5) is 0 Å². The highest BCUT2D eigenvalue weighted by molar-refractivity contribution is 9.10. The molecule has 0 amide bonds. The summed E-state index contributed by atoms with van der Waals surface area (Å²) in [5.74, 6) is 1.82. The second-order valence-electron chi connectivity index (χ2n) is 3.52. The smallest absolute Gasteiger partial charge is 0.237 e. The molecule has 3 rings (SSSR count). The van der Waals surface area contributed by atoms with Gasteiger partial charge in [0.1, 0.15) is 5.01 Å². The molecule has 0 aromatic carbocycles. The first-order chi connectivity index (χ1) is 9.20. The minimum Gasteiger partial charge on any atom is -0.338 e. The SMILES string of the molecule is Cc1nnc(SCc2nc(-c3cc(Br)cs3)no2)s1. The Morgan fingerprint density at radius 2 is 2.32 bits per heavy atom. The lowest BCUT2D eigenvalue weighted by Crippen LogP contribution is -1.80. The fourth-order valence-corrected chi connectivity index (χ4v) is 4.31. The molecule has 0 aliphatic heterocycles. The maximum atomic E-state index is 5.22. The highest BCUT2D eigenvalue weighted by Gasteiger charge is 2.11. The molecule has 0 atom stereocenters. The third-order valence-corrected chi connectivity index (χ3v) is 5.73. The molecule has 0 radical (unpaired) electrons. The van der Waals surface area contributed by atoms with Crippen LogP contribution in [0.3, 0.4) is 0 Å². The van der Waals surface area contributed by atoms with Gasteiger partial charge in [0.15, 0.2) is 4.34 Å². The normalized spacial score (nSPS) is 11.1. The van der Waals surface area contributed by atoms with Crippen molar-refractivity contribution < 1.29 is 4.52 Å². The second-order valence-corrected chi connectivity index (χ2v) is 7.75. The van der Waals surface area contributed by atoms with Gasteiger partial charge in [-0.3, -0.25) is 0 Å². The van der Waals surface area contributed by atoms with Gasteiger partial charge < -0.3 is 4.52 Å². The summed E-state index contributed by atoms with van der Waals surface area (Å²) in [6, 6.07) is 1.97. The molecule has 0 unspecified atom stereocenters. The molecule has 0 bridgehead atoms. The second kappa shape index (κ2) is 5.70. The van der Waals surface area contributed by atoms with Crippen molar-refractivity contribution >= 4 is 50.4 Å². The van der Waals surface area contributed by atoms with Gasteiger partial charge in [0.25, 0.3) is 0 Å². The summed E-state index contributed by atoms with van der Waals surface area (Å²) < 4.78 is 7.16. The van der Waals surface area contributed by atoms with Crippen LogP contribution in [-0.2, 0) is 5.75 Å². The zero-order chi connectivity index (χ0) is 13.2. The molecule has 3 aromatic rings. The summed E-state index contributed by atoms with van der Waals surface area (Å²) in [4.78, 5) is 5.35. The minimum atomic E-state index is 0.595. The molecule has 3 heterocycles. The molecule has 0 saturated heterocycles. The van der Waals surface area contributed by atoms with E-state index in [2.05, 4.69) is 36.3 Å². The molecule has 5 nitrogen and oxygen atoms in total. The standard InChI is InChI=1S/C10H7BrN4OS3/c1-5-13-14-10(19-5)18-4-8-12-9(15-16-8)7-2-6(11)3-17-7/h2-3H,4H2,1H3. The summed E-state index contributed by atoms with van der Waals surface area (Å²) in [5.41, 5.74) is 0. The zero-order valence-corrected chi connectivity index (χ0v) is 13.7. The fourth-order valence-electron chi connectivity index (χ4n) is 1.30. The number of rotatable bonds is 4. The average Bonchev–Trinajstić information content (AvgIpc) is 3.07. The lowest BCUT2D eigenvalue weighted by atomic mass is 10.4. The topological polar surface area (TPSA) is 64.7 Å². The maximum Gasteiger partial charge on any atom is 0.237 e. The Labute approximate surface area is 129 Å². The molecule has 0 fully saturated rings. The van der Waals surface area contributed by atoms with Crippen LogP contribution >= 0.6 is 50.4 Å². The van der Waals surface area contributed by atoms with Crippen molar-refractivity contribution in [1.29, 1.82) is 0 Å². The predicted molar refractivity (Wildman–Crippen MR) is 79.5 cm³/mol. The average molecular weight is 375 g/mol. The van der Waals surface area contributed by atoms with Gasteiger partial charge in [0, 0.05) is 9.85 Å². The minimum absolute atomic E-state index is 0.595. The summed E-state index contributed by atoms with van der Waals surface area (Å²) in [7, 11) is 0. The molecule has 19 heavy (non-hydrogen) atoms. The molecule has 3 aromatic heterocycles. The third kappa shape index (κ3) is 3.22. The Morgan fingerprint density at radius 1 is 1.42 bits per heavy atom. The lowest BCUT2D eigenvalue weighted by molar-refractivity contribution is 0.392. The molecular weight excluding hydrogens is 368 g/mol. The Morgan fingerprint density at radius 3 is 3.00 bits per heavy atom. The van der Waals surface area contributed by atoms with Crippen molar-refractivity contribution in [2.24, 2.45) is 0 Å². The van der Waals surface area contributed by atoms with E-state index >= 15 is 0 Å². The van der Waals surface area contributed by atoms with Gasteiger partial charge >= 0.3 is 0 Å². The Kier molecular flexibility index (Phi) is 3.96. The Bertz CT molecular complexity index is 692. The van der Waals surface area contributed by atoms with Crippen LogP contribution in [0, 0.1) is 6.92 Å². The monoisotopic (exact) mass is 374 g/mol. The van der Waals surface area contributed by atoms with Crippen molar-refractivity contribution in [1.82, 2.24) is 20.3 Å². The molecule has 98 valence electrons. The van der Waals surface area contributed by atoms with Crippen molar-refractivity contribution in [3.8, 4) is 10.7 Å². The van der Waals surface area contributed by atoms with E-state index < -0.39 is 0 Å². The van der Waals surface area contributed by atoms with Gasteiger partial charge in [-0.25, -0.2) is 0 Å². The van der Waals surface area contributed by atoms with Crippen LogP contribution in [0.5, 0.6) is 0 Å². The molecule has 0 aliphatic carbocycles. The summed E-state index contributed by atoms with van der Waals surface area (Å²) in [6.07, 6.45) is 0. The Balaban J connectivity index is 1.68. The van der Waals surface area contributed by atoms with Gasteiger partial charge in [-0.05, 0) is 28.9 Å². The number of hydrogen-bond donors (Lipinski definition) is 0. The van der Waals surface area contributed by atoms with E-state index in [0.29, 0.717) is 17.5 Å². The number of hydrogen-bond acceptors (Lipinski definition) is 8. The quantitative estimate of drug-likeness (QED) is 0.642. The van der Waals surface area contributed by atoms with Crippen molar-refractivity contribution in [3.05, 3.63) is 26.8 Å². The van der Waals surface area contributed by atoms with E-state index in [9.17, 15) is 0 Å². The van der Waals surface area contributed by atoms with E-state index in [1.807, 2.05) is 18.4 Å². The molecule has 9 heteroatoms. The van der Waals surface area contributed by atoms with E-state index in [1.54, 1.807) is 34.4 Å². The largest absolute Gasteiger partial charge is 0.338 e. The van der Waals surface area contributed by atoms with Gasteiger partial charge in [-0.1, -0.05) is 28.3 Å². The van der Waals surface area contributed by atoms with Gasteiger partial charge in [0.2, 0.25) is 11.7 Å². The van der Waals surface area contributed by atoms with Crippen LogP contribution in [0.15, 0.2) is 24.8 Å². The zero-order valence-electron chi connectivity index (χ0n) is 9.66. The van der Waals surface area contributed by atoms with Crippen molar-refractivity contribution in [2.45, 2.75) is 17.0 Å². The van der Waals surface area contributed by atoms with E-state index in [1.165, 1.54) is 0 Å². The summed E-state index contributed by atoms with van der Waals surface area (Å²) >= 11 is 8.09. The van der Waals surface area contributed by atoms with Gasteiger partial charge in [-0.2, -0.15) is 4.98 Å². The highest BCUT2D eigenvalue weighted by atomic mass is 79.9. The van der Waals surface area contributed by atoms with Crippen LogP contribution in [-0.4, -0.2) is 20.3 Å². The van der Waals surface area contributed by atoms with Crippen LogP contribution < -0.4 is 0 Å². The molecule has 0 aliphatic rings. The number of aryl methyl sites for hydroxylation is 1. The van der Waals surface area contributed by atoms with Gasteiger partial charge in [-0.15, -0.1) is 21.5 Å². The number of aromatic nitrogens is 4. The number of nitrogens with zero attached hydrogens (tertiary/aromatic N) is 4. The summed E-state index contributed by atoms with van der Waals surface area (Å²) in [6.45, 7) is 1.93. The first kappa shape index (κ1) is 13.2. The number of thioether (sulfide) groups is 1. The van der Waals surface area contributed by atoms with Crippen molar-refractivity contribution in [2.75, 3.05) is 0 Å². The van der Waals surface area contributed by atoms with E-state index in [-0.39, 0.29) is 0 Å². The molecule has 0 saturated carbocycles. The molecule has 0 N–H and O–H groups in total. The highest BCUT2D eigenvalue weighted by Crippen LogP contribution is 2.29. The molecular formula is C10H7BrN4OS3. The maximum absolute atomic E-state index is 5.22. The van der Waals surface area contributed by atoms with Crippen molar-refractivity contribution in [3.63, 3.8) is 0 Å². The fraction of sp³-hybridized carbons (Fsp3) is 0.200. The number of thiophene rings is 1. The van der Waals surface area contributed by atoms with Gasteiger partial charge in [0.05, 0.1) is 10.6 Å². The van der Waals surface area contributed by atoms with Crippen LogP contribution in [0.25, 0.3) is 10.7 Å². The van der Waals surface area contributed by atoms with Crippen LogP contribution in [0.1, 0.15) is 10.9 Å². The van der Waals surface area contributed by atoms with Crippen LogP contribution in [0.2, 0.25) is 0 Å².